The Morgan fingerprint density at radius 1 is 1.13 bits per heavy atom. The first kappa shape index (κ1) is 13.7. The highest BCUT2D eigenvalue weighted by Gasteiger charge is 2.06. The van der Waals surface area contributed by atoms with Gasteiger partial charge in [-0.05, 0) is 12.8 Å². The Bertz CT molecular complexity index is 204. The van der Waals surface area contributed by atoms with Crippen LogP contribution in [-0.2, 0) is 0 Å². The van der Waals surface area contributed by atoms with E-state index in [9.17, 15) is 0 Å². The Labute approximate surface area is 92.0 Å². The van der Waals surface area contributed by atoms with Gasteiger partial charge in [0.05, 0.1) is 0 Å². The molecule has 0 rings (SSSR count). The van der Waals surface area contributed by atoms with Crippen LogP contribution < -0.4 is 11.5 Å². The third-order valence-corrected chi connectivity index (χ3v) is 2.12. The number of nitrogens with two attached hydrogens (primary N) is 2. The second-order valence-corrected chi connectivity index (χ2v) is 3.55. The van der Waals surface area contributed by atoms with Gasteiger partial charge in [-0.3, -0.25) is 5.41 Å². The van der Waals surface area contributed by atoms with E-state index in [1.54, 1.807) is 0 Å². The van der Waals surface area contributed by atoms with Gasteiger partial charge in [0.25, 0.3) is 0 Å². The molecule has 0 aromatic carbocycles. The molecule has 15 heavy (non-hydrogen) atoms. The van der Waals surface area contributed by atoms with Crippen molar-refractivity contribution >= 4 is 11.9 Å². The molecule has 0 aromatic rings. The number of nitrogens with zero attached hydrogens (tertiary/aromatic N) is 2. The number of guanidine groups is 2. The molecule has 0 atom stereocenters. The van der Waals surface area contributed by atoms with Gasteiger partial charge in [-0.1, -0.05) is 26.7 Å². The van der Waals surface area contributed by atoms with Crippen LogP contribution in [-0.4, -0.2) is 29.9 Å². The zero-order valence-corrected chi connectivity index (χ0v) is 9.79. The highest BCUT2D eigenvalue weighted by atomic mass is 15.3. The van der Waals surface area contributed by atoms with Crippen molar-refractivity contribution in [2.45, 2.75) is 39.5 Å². The molecular weight excluding hydrogens is 190 g/mol. The summed E-state index contributed by atoms with van der Waals surface area (Å²) in [6.45, 7) is 6.05. The summed E-state index contributed by atoms with van der Waals surface area (Å²) < 4.78 is 0. The molecule has 0 radical (unpaired) electrons. The van der Waals surface area contributed by atoms with E-state index in [-0.39, 0.29) is 5.96 Å². The molecule has 0 unspecified atom stereocenters. The van der Waals surface area contributed by atoms with Crippen molar-refractivity contribution in [1.82, 2.24) is 4.90 Å². The fourth-order valence-corrected chi connectivity index (χ4v) is 1.23. The quantitative estimate of drug-likeness (QED) is 0.455. The Hall–Kier alpha value is -1.26. The predicted octanol–water partition coefficient (Wildman–Crippen LogP) is 1.10. The van der Waals surface area contributed by atoms with Crippen molar-refractivity contribution in [3.8, 4) is 0 Å². The van der Waals surface area contributed by atoms with E-state index >= 15 is 0 Å². The van der Waals surface area contributed by atoms with Crippen molar-refractivity contribution in [3.63, 3.8) is 0 Å². The number of nitrogens with one attached hydrogen (secondary N) is 1. The molecule has 5 nitrogen and oxygen atoms in total. The summed E-state index contributed by atoms with van der Waals surface area (Å²) in [5, 5.41) is 7.06. The fraction of sp³-hybridized carbons (Fsp3) is 0.800. The van der Waals surface area contributed by atoms with Crippen LogP contribution in [0.3, 0.4) is 0 Å². The summed E-state index contributed by atoms with van der Waals surface area (Å²) in [6, 6.07) is 0. The first-order valence-electron chi connectivity index (χ1n) is 5.54. The van der Waals surface area contributed by atoms with Crippen molar-refractivity contribution in [1.29, 1.82) is 5.41 Å². The second-order valence-electron chi connectivity index (χ2n) is 3.55. The van der Waals surface area contributed by atoms with Crippen LogP contribution in [0.1, 0.15) is 39.5 Å². The normalized spacial score (nSPS) is 11.5. The molecule has 5 heteroatoms. The molecule has 0 amide bonds. The Kier molecular flexibility index (Phi) is 7.40. The fourth-order valence-electron chi connectivity index (χ4n) is 1.23. The van der Waals surface area contributed by atoms with Crippen LogP contribution in [0.25, 0.3) is 0 Å². The molecule has 0 aliphatic carbocycles. The van der Waals surface area contributed by atoms with E-state index in [0.717, 1.165) is 38.8 Å². The summed E-state index contributed by atoms with van der Waals surface area (Å²) in [5.41, 5.74) is 10.9. The van der Waals surface area contributed by atoms with Gasteiger partial charge in [0.1, 0.15) is 0 Å². The monoisotopic (exact) mass is 213 g/mol. The molecule has 5 N–H and O–H groups in total. The molecule has 0 saturated carbocycles. The van der Waals surface area contributed by atoms with Crippen molar-refractivity contribution in [2.75, 3.05) is 13.1 Å². The Morgan fingerprint density at radius 3 is 1.93 bits per heavy atom. The van der Waals surface area contributed by atoms with E-state index in [1.165, 1.54) is 0 Å². The minimum atomic E-state index is -0.231. The first-order chi connectivity index (χ1) is 7.11. The lowest BCUT2D eigenvalue weighted by molar-refractivity contribution is 0.394. The number of unbranched alkanes of at least 4 members (excludes halogenated alkanes) is 2. The standard InChI is InChI=1S/C10H23N5/c1-3-5-7-15(8-6-4-2)10(13)14-9(11)12/h3-8H2,1-2H3,(H5,11,12,13,14). The summed E-state index contributed by atoms with van der Waals surface area (Å²) in [5.74, 6) is 0.134. The zero-order valence-electron chi connectivity index (χ0n) is 9.79. The number of hydrogen-bond donors (Lipinski definition) is 3. The van der Waals surface area contributed by atoms with Crippen LogP contribution in [0.2, 0.25) is 0 Å². The zero-order chi connectivity index (χ0) is 11.7. The largest absolute Gasteiger partial charge is 0.369 e. The highest BCUT2D eigenvalue weighted by molar-refractivity contribution is 5.91. The van der Waals surface area contributed by atoms with Crippen molar-refractivity contribution in [3.05, 3.63) is 0 Å². The average Bonchev–Trinajstić information content (AvgIpc) is 2.17. The number of rotatable bonds is 6. The SMILES string of the molecule is CCCCN(CCCC)C(N)=NC(=N)N. The van der Waals surface area contributed by atoms with Gasteiger partial charge < -0.3 is 16.4 Å². The van der Waals surface area contributed by atoms with E-state index in [4.69, 9.17) is 16.9 Å². The average molecular weight is 213 g/mol. The van der Waals surface area contributed by atoms with E-state index in [2.05, 4.69) is 18.8 Å². The van der Waals surface area contributed by atoms with E-state index < -0.39 is 0 Å². The molecule has 0 saturated heterocycles. The van der Waals surface area contributed by atoms with E-state index in [1.807, 2.05) is 4.90 Å². The van der Waals surface area contributed by atoms with Crippen molar-refractivity contribution in [2.24, 2.45) is 16.5 Å². The van der Waals surface area contributed by atoms with Crippen LogP contribution >= 0.6 is 0 Å². The lowest BCUT2D eigenvalue weighted by Crippen LogP contribution is -2.39. The smallest absolute Gasteiger partial charge is 0.215 e. The van der Waals surface area contributed by atoms with E-state index in [0.29, 0.717) is 5.96 Å². The minimum Gasteiger partial charge on any atom is -0.369 e. The van der Waals surface area contributed by atoms with Crippen LogP contribution in [0.15, 0.2) is 4.99 Å². The van der Waals surface area contributed by atoms with Gasteiger partial charge in [0.2, 0.25) is 5.96 Å². The Balaban J connectivity index is 4.25. The summed E-state index contributed by atoms with van der Waals surface area (Å²) in [4.78, 5) is 5.76. The number of hydrogen-bond acceptors (Lipinski definition) is 1. The molecule has 0 aromatic heterocycles. The van der Waals surface area contributed by atoms with Gasteiger partial charge in [0.15, 0.2) is 5.96 Å². The summed E-state index contributed by atoms with van der Waals surface area (Å²) in [7, 11) is 0. The molecule has 0 spiro atoms. The number of aliphatic imine (C=N–C) groups is 1. The predicted molar refractivity (Wildman–Crippen MR) is 64.9 cm³/mol. The lowest BCUT2D eigenvalue weighted by atomic mass is 10.3. The third-order valence-electron chi connectivity index (χ3n) is 2.12. The Morgan fingerprint density at radius 2 is 1.60 bits per heavy atom. The maximum atomic E-state index is 7.06. The van der Waals surface area contributed by atoms with Crippen molar-refractivity contribution < 1.29 is 0 Å². The van der Waals surface area contributed by atoms with Gasteiger partial charge in [-0.15, -0.1) is 0 Å². The summed E-state index contributed by atoms with van der Waals surface area (Å²) in [6.07, 6.45) is 4.40. The third kappa shape index (κ3) is 6.76. The van der Waals surface area contributed by atoms with Gasteiger partial charge in [-0.2, -0.15) is 4.99 Å². The van der Waals surface area contributed by atoms with Crippen LogP contribution in [0, 0.1) is 5.41 Å². The molecular formula is C10H23N5. The molecule has 0 bridgehead atoms. The minimum absolute atomic E-state index is 0.231. The van der Waals surface area contributed by atoms with Gasteiger partial charge in [-0.25, -0.2) is 0 Å². The molecule has 0 aliphatic rings. The topological polar surface area (TPSA) is 91.5 Å². The molecule has 0 fully saturated rings. The summed E-state index contributed by atoms with van der Waals surface area (Å²) >= 11 is 0. The molecule has 0 heterocycles. The maximum absolute atomic E-state index is 7.06. The molecule has 88 valence electrons. The van der Waals surface area contributed by atoms with Gasteiger partial charge in [0, 0.05) is 13.1 Å². The first-order valence-corrected chi connectivity index (χ1v) is 5.54. The lowest BCUT2D eigenvalue weighted by Gasteiger charge is -2.22. The van der Waals surface area contributed by atoms with Gasteiger partial charge >= 0.3 is 0 Å². The molecule has 0 aliphatic heterocycles. The highest BCUT2D eigenvalue weighted by Crippen LogP contribution is 1.98. The van der Waals surface area contributed by atoms with Crippen LogP contribution in [0.4, 0.5) is 0 Å². The maximum Gasteiger partial charge on any atom is 0.215 e. The van der Waals surface area contributed by atoms with Crippen LogP contribution in [0.5, 0.6) is 0 Å². The second kappa shape index (κ2) is 8.08.